The molecule has 0 bridgehead atoms. The van der Waals surface area contributed by atoms with Gasteiger partial charge in [0.2, 0.25) is 0 Å². The molecule has 0 amide bonds. The minimum Gasteiger partial charge on any atom is -0.299 e. The first-order valence-corrected chi connectivity index (χ1v) is 3.97. The first kappa shape index (κ1) is 8.18. The van der Waals surface area contributed by atoms with E-state index in [0.29, 0.717) is 25.7 Å². The van der Waals surface area contributed by atoms with Crippen LogP contribution in [0.2, 0.25) is 0 Å². The fraction of sp³-hybridized carbons (Fsp3) is 0.556. The zero-order chi connectivity index (χ0) is 8.10. The van der Waals surface area contributed by atoms with Crippen molar-refractivity contribution in [2.75, 3.05) is 0 Å². The van der Waals surface area contributed by atoms with Crippen LogP contribution in [-0.2, 0) is 9.59 Å². The van der Waals surface area contributed by atoms with Crippen LogP contribution >= 0.6 is 0 Å². The Balaban J connectivity index is 2.47. The highest BCUT2D eigenvalue weighted by molar-refractivity contribution is 5.83. The molecule has 1 rings (SSSR count). The second-order valence-electron chi connectivity index (χ2n) is 2.81. The molecule has 0 saturated carbocycles. The van der Waals surface area contributed by atoms with Gasteiger partial charge in [-0.1, -0.05) is 12.2 Å². The molecule has 1 aliphatic rings. The lowest BCUT2D eigenvalue weighted by Gasteiger charge is -1.93. The van der Waals surface area contributed by atoms with Crippen LogP contribution in [0.15, 0.2) is 12.2 Å². The second kappa shape index (κ2) is 4.06. The lowest BCUT2D eigenvalue weighted by atomic mass is 10.1. The van der Waals surface area contributed by atoms with Gasteiger partial charge in [0, 0.05) is 25.7 Å². The van der Waals surface area contributed by atoms with Crippen LogP contribution in [0, 0.1) is 0 Å². The van der Waals surface area contributed by atoms with Gasteiger partial charge in [-0.15, -0.1) is 0 Å². The Kier molecular flexibility index (Phi) is 3.02. The summed E-state index contributed by atoms with van der Waals surface area (Å²) in [5, 5.41) is 0. The van der Waals surface area contributed by atoms with Crippen molar-refractivity contribution in [1.29, 1.82) is 0 Å². The Labute approximate surface area is 66.3 Å². The van der Waals surface area contributed by atoms with Crippen LogP contribution in [0.25, 0.3) is 0 Å². The lowest BCUT2D eigenvalue weighted by molar-refractivity contribution is -0.119. The Hall–Kier alpha value is -0.920. The molecule has 11 heavy (non-hydrogen) atoms. The Morgan fingerprint density at radius 3 is 1.82 bits per heavy atom. The molecule has 2 nitrogen and oxygen atoms in total. The second-order valence-corrected chi connectivity index (χ2v) is 2.81. The standard InChI is InChI=1S/C9H12O2/c10-8-4-1-2-5-9(11)7-3-6-8/h1-2H,3-7H2/b2-1-. The number of hydrogen-bond acceptors (Lipinski definition) is 2. The third-order valence-corrected chi connectivity index (χ3v) is 1.77. The third-order valence-electron chi connectivity index (χ3n) is 1.77. The molecule has 0 heterocycles. The van der Waals surface area contributed by atoms with Gasteiger partial charge in [-0.3, -0.25) is 9.59 Å². The summed E-state index contributed by atoms with van der Waals surface area (Å²) in [6.45, 7) is 0. The summed E-state index contributed by atoms with van der Waals surface area (Å²) >= 11 is 0. The summed E-state index contributed by atoms with van der Waals surface area (Å²) in [7, 11) is 0. The van der Waals surface area contributed by atoms with Gasteiger partial charge in [-0.25, -0.2) is 0 Å². The molecule has 0 aromatic rings. The summed E-state index contributed by atoms with van der Waals surface area (Å²) < 4.78 is 0. The highest BCUT2D eigenvalue weighted by Gasteiger charge is 2.05. The van der Waals surface area contributed by atoms with Gasteiger partial charge in [-0.05, 0) is 6.42 Å². The monoisotopic (exact) mass is 152 g/mol. The van der Waals surface area contributed by atoms with E-state index in [4.69, 9.17) is 0 Å². The van der Waals surface area contributed by atoms with E-state index in [9.17, 15) is 9.59 Å². The fourth-order valence-corrected chi connectivity index (χ4v) is 1.12. The van der Waals surface area contributed by atoms with Gasteiger partial charge in [0.1, 0.15) is 11.6 Å². The summed E-state index contributed by atoms with van der Waals surface area (Å²) in [4.78, 5) is 21.9. The van der Waals surface area contributed by atoms with Crippen molar-refractivity contribution in [3.05, 3.63) is 12.2 Å². The first-order chi connectivity index (χ1) is 5.29. The maximum atomic E-state index is 10.9. The van der Waals surface area contributed by atoms with Crippen LogP contribution in [0.4, 0.5) is 0 Å². The average Bonchev–Trinajstić information content (AvgIpc) is 2.04. The maximum absolute atomic E-state index is 10.9. The fourth-order valence-electron chi connectivity index (χ4n) is 1.12. The molecule has 0 aromatic heterocycles. The number of rotatable bonds is 0. The van der Waals surface area contributed by atoms with Crippen LogP contribution in [-0.4, -0.2) is 11.6 Å². The molecular weight excluding hydrogens is 140 g/mol. The first-order valence-electron chi connectivity index (χ1n) is 3.97. The van der Waals surface area contributed by atoms with Crippen molar-refractivity contribution in [3.8, 4) is 0 Å². The van der Waals surface area contributed by atoms with Gasteiger partial charge < -0.3 is 0 Å². The van der Waals surface area contributed by atoms with Gasteiger partial charge in [-0.2, -0.15) is 0 Å². The van der Waals surface area contributed by atoms with Gasteiger partial charge in [0.25, 0.3) is 0 Å². The molecule has 0 unspecified atom stereocenters. The summed E-state index contributed by atoms with van der Waals surface area (Å²) in [5.41, 5.74) is 0. The molecule has 0 radical (unpaired) electrons. The predicted molar refractivity (Wildman–Crippen MR) is 42.2 cm³/mol. The minimum atomic E-state index is 0.246. The summed E-state index contributed by atoms with van der Waals surface area (Å²) in [5.74, 6) is 0.493. The average molecular weight is 152 g/mol. The van der Waals surface area contributed by atoms with Crippen molar-refractivity contribution in [3.63, 3.8) is 0 Å². The molecule has 60 valence electrons. The number of ketones is 2. The molecular formula is C9H12O2. The van der Waals surface area contributed by atoms with E-state index in [2.05, 4.69) is 0 Å². The Morgan fingerprint density at radius 1 is 0.909 bits per heavy atom. The molecule has 0 fully saturated rings. The molecule has 0 spiro atoms. The molecule has 1 aliphatic carbocycles. The van der Waals surface area contributed by atoms with Crippen molar-refractivity contribution in [1.82, 2.24) is 0 Å². The highest BCUT2D eigenvalue weighted by atomic mass is 16.1. The van der Waals surface area contributed by atoms with Crippen LogP contribution in [0.3, 0.4) is 0 Å². The Bertz CT molecular complexity index is 172. The molecule has 2 heteroatoms. The number of hydrogen-bond donors (Lipinski definition) is 0. The van der Waals surface area contributed by atoms with Gasteiger partial charge >= 0.3 is 0 Å². The van der Waals surface area contributed by atoms with Crippen LogP contribution in [0.1, 0.15) is 32.1 Å². The van der Waals surface area contributed by atoms with E-state index < -0.39 is 0 Å². The van der Waals surface area contributed by atoms with Gasteiger partial charge in [0.05, 0.1) is 0 Å². The van der Waals surface area contributed by atoms with E-state index in [0.717, 1.165) is 6.42 Å². The summed E-state index contributed by atoms with van der Waals surface area (Å²) in [6.07, 6.45) is 6.48. The largest absolute Gasteiger partial charge is 0.299 e. The van der Waals surface area contributed by atoms with Gasteiger partial charge in [0.15, 0.2) is 0 Å². The zero-order valence-corrected chi connectivity index (χ0v) is 6.51. The van der Waals surface area contributed by atoms with Crippen molar-refractivity contribution < 1.29 is 9.59 Å². The van der Waals surface area contributed by atoms with E-state index in [1.807, 2.05) is 0 Å². The molecule has 0 atom stereocenters. The summed E-state index contributed by atoms with van der Waals surface area (Å²) in [6, 6.07) is 0. The van der Waals surface area contributed by atoms with E-state index >= 15 is 0 Å². The van der Waals surface area contributed by atoms with Crippen molar-refractivity contribution >= 4 is 11.6 Å². The van der Waals surface area contributed by atoms with Crippen molar-refractivity contribution in [2.45, 2.75) is 32.1 Å². The zero-order valence-electron chi connectivity index (χ0n) is 6.51. The highest BCUT2D eigenvalue weighted by Crippen LogP contribution is 2.06. The minimum absolute atomic E-state index is 0.246. The van der Waals surface area contributed by atoms with Crippen LogP contribution in [0.5, 0.6) is 0 Å². The molecule has 0 aromatic carbocycles. The SMILES string of the molecule is O=C1C/C=C\CC(=O)CCC1. The number of carbonyl (C=O) groups is 2. The quantitative estimate of drug-likeness (QED) is 0.494. The lowest BCUT2D eigenvalue weighted by Crippen LogP contribution is -1.97. The predicted octanol–water partition coefficient (Wildman–Crippen LogP) is 1.64. The van der Waals surface area contributed by atoms with E-state index in [-0.39, 0.29) is 11.6 Å². The Morgan fingerprint density at radius 2 is 1.36 bits per heavy atom. The van der Waals surface area contributed by atoms with E-state index in [1.165, 1.54) is 0 Å². The maximum Gasteiger partial charge on any atom is 0.136 e. The third kappa shape index (κ3) is 3.12. The van der Waals surface area contributed by atoms with Crippen molar-refractivity contribution in [2.24, 2.45) is 0 Å². The molecule has 0 N–H and O–H groups in total. The normalized spacial score (nSPS) is 23.6. The van der Waals surface area contributed by atoms with E-state index in [1.54, 1.807) is 12.2 Å². The molecule has 0 aliphatic heterocycles. The topological polar surface area (TPSA) is 34.1 Å². The smallest absolute Gasteiger partial charge is 0.136 e. The van der Waals surface area contributed by atoms with Crippen LogP contribution < -0.4 is 0 Å². The number of Topliss-reactive ketones (excluding diaryl/α,β-unsaturated/α-hetero) is 2. The number of allylic oxidation sites excluding steroid dienone is 2. The number of carbonyl (C=O) groups excluding carboxylic acids is 2. The molecule has 0 saturated heterocycles.